The summed E-state index contributed by atoms with van der Waals surface area (Å²) in [6.07, 6.45) is 4.08. The molecule has 1 saturated carbocycles. The van der Waals surface area contributed by atoms with Crippen LogP contribution in [0.5, 0.6) is 0 Å². The summed E-state index contributed by atoms with van der Waals surface area (Å²) >= 11 is 0. The average molecular weight is 399 g/mol. The molecule has 0 heterocycles. The van der Waals surface area contributed by atoms with Crippen LogP contribution in [0.4, 0.5) is 0 Å². The Hall–Kier alpha value is 0.354. The Balaban J connectivity index is 2.91. The smallest absolute Gasteiger partial charge is 0.125 e. The summed E-state index contributed by atoms with van der Waals surface area (Å²) in [6, 6.07) is 8.98. The second-order valence-corrected chi connectivity index (χ2v) is 20.4. The topological polar surface area (TPSA) is 24.1 Å². The minimum atomic E-state index is -1.27. The van der Waals surface area contributed by atoms with E-state index in [-0.39, 0.29) is 0 Å². The van der Waals surface area contributed by atoms with Gasteiger partial charge in [0.1, 0.15) is 16.5 Å². The third-order valence-corrected chi connectivity index (χ3v) is 18.0. The Morgan fingerprint density at radius 3 is 1.62 bits per heavy atom. The summed E-state index contributed by atoms with van der Waals surface area (Å²) in [5.74, 6) is 0. The van der Waals surface area contributed by atoms with Crippen molar-refractivity contribution >= 4 is 16.5 Å². The molecule has 0 amide bonds. The second-order valence-electron chi connectivity index (χ2n) is 10.4. The van der Waals surface area contributed by atoms with Crippen molar-refractivity contribution < 1.29 is 0 Å². The molecule has 4 heteroatoms. The van der Waals surface area contributed by atoms with Gasteiger partial charge in [-0.2, -0.15) is 0 Å². The van der Waals surface area contributed by atoms with E-state index in [9.17, 15) is 0 Å². The van der Waals surface area contributed by atoms with Crippen LogP contribution in [-0.2, 0) is 0 Å². The molecule has 156 valence electrons. The Kier molecular flexibility index (Phi) is 9.11. The molecule has 1 aliphatic rings. The normalized spacial score (nSPS) is 26.9. The molecule has 1 fully saturated rings. The number of hydrogen-bond acceptors (Lipinski definition) is 2. The molecular weight excluding hydrogens is 348 g/mol. The Morgan fingerprint density at radius 2 is 1.19 bits per heavy atom. The van der Waals surface area contributed by atoms with Crippen molar-refractivity contribution in [3.05, 3.63) is 0 Å². The molecule has 0 aliphatic heterocycles. The second kappa shape index (κ2) is 9.71. The summed E-state index contributed by atoms with van der Waals surface area (Å²) < 4.78 is 0. The zero-order chi connectivity index (χ0) is 20.1. The van der Waals surface area contributed by atoms with Crippen molar-refractivity contribution in [2.75, 3.05) is 6.54 Å². The van der Waals surface area contributed by atoms with E-state index >= 15 is 0 Å². The predicted molar refractivity (Wildman–Crippen MR) is 125 cm³/mol. The standard InChI is InChI=1S/C22H50N2Si2/c1-10-25(11-2,12-3)23-19-22(9)17-20(16-21(7,8)18-22)24-26(13-4,14-5)15-6/h20,23-24H,10-19H2,1-9H3. The molecule has 0 saturated heterocycles. The van der Waals surface area contributed by atoms with Gasteiger partial charge in [0.05, 0.1) is 0 Å². The third kappa shape index (κ3) is 6.18. The SMILES string of the molecule is CC[Si](CC)(CC)NCC1(C)CC(N[Si](CC)(CC)CC)CC(C)(C)C1. The molecule has 26 heavy (non-hydrogen) atoms. The van der Waals surface area contributed by atoms with E-state index in [4.69, 9.17) is 0 Å². The first-order valence-electron chi connectivity index (χ1n) is 11.6. The van der Waals surface area contributed by atoms with Crippen molar-refractivity contribution in [1.29, 1.82) is 0 Å². The quantitative estimate of drug-likeness (QED) is 0.376. The summed E-state index contributed by atoms with van der Waals surface area (Å²) in [5, 5.41) is 0. The fourth-order valence-electron chi connectivity index (χ4n) is 5.89. The van der Waals surface area contributed by atoms with Gasteiger partial charge in [0, 0.05) is 6.04 Å². The molecule has 0 radical (unpaired) electrons. The van der Waals surface area contributed by atoms with E-state index in [2.05, 4.69) is 72.3 Å². The van der Waals surface area contributed by atoms with Gasteiger partial charge in [-0.3, -0.25) is 0 Å². The molecule has 2 unspecified atom stereocenters. The van der Waals surface area contributed by atoms with E-state index in [1.54, 1.807) is 0 Å². The molecule has 0 aromatic carbocycles. The van der Waals surface area contributed by atoms with Crippen LogP contribution in [0.3, 0.4) is 0 Å². The van der Waals surface area contributed by atoms with Crippen molar-refractivity contribution in [2.24, 2.45) is 10.8 Å². The van der Waals surface area contributed by atoms with Crippen molar-refractivity contribution in [3.8, 4) is 0 Å². The molecule has 0 aromatic heterocycles. The van der Waals surface area contributed by atoms with Crippen molar-refractivity contribution in [2.45, 2.75) is 124 Å². The minimum Gasteiger partial charge on any atom is -0.336 e. The van der Waals surface area contributed by atoms with E-state index in [0.717, 1.165) is 6.04 Å². The summed E-state index contributed by atoms with van der Waals surface area (Å²) in [5.41, 5.74) is 0.892. The van der Waals surface area contributed by atoms with Crippen LogP contribution < -0.4 is 9.96 Å². The Bertz CT molecular complexity index is 400. The number of hydrogen-bond donors (Lipinski definition) is 2. The van der Waals surface area contributed by atoms with Crippen LogP contribution >= 0.6 is 0 Å². The van der Waals surface area contributed by atoms with Crippen LogP contribution in [0.1, 0.15) is 81.6 Å². The molecule has 2 N–H and O–H groups in total. The highest BCUT2D eigenvalue weighted by atomic mass is 28.3. The van der Waals surface area contributed by atoms with Crippen LogP contribution in [-0.4, -0.2) is 29.1 Å². The maximum absolute atomic E-state index is 4.29. The van der Waals surface area contributed by atoms with Crippen molar-refractivity contribution in [1.82, 2.24) is 9.96 Å². The predicted octanol–water partition coefficient (Wildman–Crippen LogP) is 6.76. The van der Waals surface area contributed by atoms with E-state index < -0.39 is 16.5 Å². The first-order chi connectivity index (χ1) is 12.1. The van der Waals surface area contributed by atoms with Gasteiger partial charge in [0.2, 0.25) is 0 Å². The molecule has 1 rings (SSSR count). The zero-order valence-corrected chi connectivity index (χ0v) is 21.6. The lowest BCUT2D eigenvalue weighted by atomic mass is 9.63. The number of nitrogens with one attached hydrogen (secondary N) is 2. The molecular formula is C22H50N2Si2. The lowest BCUT2D eigenvalue weighted by molar-refractivity contribution is 0.0804. The van der Waals surface area contributed by atoms with E-state index in [0.29, 0.717) is 10.8 Å². The third-order valence-electron chi connectivity index (χ3n) is 7.90. The zero-order valence-electron chi connectivity index (χ0n) is 19.6. The molecule has 0 bridgehead atoms. The average Bonchev–Trinajstić information content (AvgIpc) is 2.60. The van der Waals surface area contributed by atoms with Gasteiger partial charge in [-0.05, 0) is 72.9 Å². The van der Waals surface area contributed by atoms with Gasteiger partial charge in [0.25, 0.3) is 0 Å². The first-order valence-corrected chi connectivity index (χ1v) is 16.8. The Labute approximate surface area is 167 Å². The van der Waals surface area contributed by atoms with Gasteiger partial charge in [-0.15, -0.1) is 0 Å². The summed E-state index contributed by atoms with van der Waals surface area (Å²) in [6.45, 7) is 23.3. The summed E-state index contributed by atoms with van der Waals surface area (Å²) in [4.78, 5) is 8.47. The molecule has 2 nitrogen and oxygen atoms in total. The van der Waals surface area contributed by atoms with E-state index in [1.165, 1.54) is 62.1 Å². The molecule has 2 atom stereocenters. The van der Waals surface area contributed by atoms with Crippen LogP contribution in [0, 0.1) is 10.8 Å². The van der Waals surface area contributed by atoms with Gasteiger partial charge >= 0.3 is 0 Å². The number of rotatable bonds is 11. The summed E-state index contributed by atoms with van der Waals surface area (Å²) in [7, 11) is -2.52. The first kappa shape index (κ1) is 24.4. The highest BCUT2D eigenvalue weighted by molar-refractivity contribution is 6.77. The van der Waals surface area contributed by atoms with Gasteiger partial charge in [-0.25, -0.2) is 0 Å². The monoisotopic (exact) mass is 398 g/mol. The van der Waals surface area contributed by atoms with Crippen LogP contribution in [0.15, 0.2) is 0 Å². The Morgan fingerprint density at radius 1 is 0.731 bits per heavy atom. The van der Waals surface area contributed by atoms with Gasteiger partial charge < -0.3 is 9.96 Å². The minimum absolute atomic E-state index is 0.437. The van der Waals surface area contributed by atoms with Crippen molar-refractivity contribution in [3.63, 3.8) is 0 Å². The lowest BCUT2D eigenvalue weighted by Crippen LogP contribution is -2.59. The maximum atomic E-state index is 4.29. The maximum Gasteiger partial charge on any atom is 0.125 e. The van der Waals surface area contributed by atoms with E-state index in [1.807, 2.05) is 0 Å². The fraction of sp³-hybridized carbons (Fsp3) is 1.00. The lowest BCUT2D eigenvalue weighted by Gasteiger charge is -2.50. The van der Waals surface area contributed by atoms with Crippen LogP contribution in [0.2, 0.25) is 36.3 Å². The van der Waals surface area contributed by atoms with Gasteiger partial charge in [0.15, 0.2) is 0 Å². The van der Waals surface area contributed by atoms with Crippen LogP contribution in [0.25, 0.3) is 0 Å². The molecule has 1 aliphatic carbocycles. The fourth-order valence-corrected chi connectivity index (χ4v) is 12.1. The molecule has 0 spiro atoms. The largest absolute Gasteiger partial charge is 0.336 e. The highest BCUT2D eigenvalue weighted by Gasteiger charge is 2.44. The molecule has 0 aromatic rings. The van der Waals surface area contributed by atoms with Gasteiger partial charge in [-0.1, -0.05) is 62.3 Å². The highest BCUT2D eigenvalue weighted by Crippen LogP contribution is 2.46.